The molecule has 1 atom stereocenters. The molecule has 30 heavy (non-hydrogen) atoms. The largest absolute Gasteiger partial charge is 0.496 e. The topological polar surface area (TPSA) is 127 Å². The fourth-order valence-corrected chi connectivity index (χ4v) is 4.51. The maximum Gasteiger partial charge on any atom is 0.407 e. The molecule has 1 unspecified atom stereocenters. The van der Waals surface area contributed by atoms with Gasteiger partial charge in [0.15, 0.2) is 5.84 Å². The summed E-state index contributed by atoms with van der Waals surface area (Å²) in [5.74, 6) is 1.69. The second-order valence-corrected chi connectivity index (χ2v) is 7.80. The molecule has 0 aromatic carbocycles. The van der Waals surface area contributed by atoms with Gasteiger partial charge in [0.05, 0.1) is 18.5 Å². The maximum atomic E-state index is 11.8. The van der Waals surface area contributed by atoms with Gasteiger partial charge >= 0.3 is 6.09 Å². The lowest BCUT2D eigenvalue weighted by Crippen LogP contribution is -2.33. The molecule has 3 heterocycles. The molecular formula is C19H23N7O3S. The van der Waals surface area contributed by atoms with Crippen molar-refractivity contribution in [1.29, 1.82) is 0 Å². The van der Waals surface area contributed by atoms with E-state index in [1.54, 1.807) is 18.4 Å². The second kappa shape index (κ2) is 7.98. The van der Waals surface area contributed by atoms with E-state index in [1.807, 2.05) is 13.8 Å². The molecule has 0 radical (unpaired) electrons. The molecule has 0 saturated heterocycles. The van der Waals surface area contributed by atoms with Crippen LogP contribution in [0.1, 0.15) is 23.2 Å². The highest BCUT2D eigenvalue weighted by molar-refractivity contribution is 7.98. The van der Waals surface area contributed by atoms with Gasteiger partial charge in [-0.15, -0.1) is 0 Å². The smallest absolute Gasteiger partial charge is 0.407 e. The van der Waals surface area contributed by atoms with Gasteiger partial charge in [-0.2, -0.15) is 19.7 Å². The summed E-state index contributed by atoms with van der Waals surface area (Å²) in [6.45, 7) is 4.26. The molecule has 0 bridgehead atoms. The van der Waals surface area contributed by atoms with E-state index in [0.717, 1.165) is 39.4 Å². The summed E-state index contributed by atoms with van der Waals surface area (Å²) in [4.78, 5) is 16.3. The summed E-state index contributed by atoms with van der Waals surface area (Å²) in [5, 5.41) is 13.4. The Morgan fingerprint density at radius 2 is 2.20 bits per heavy atom. The molecule has 2 aliphatic heterocycles. The fraction of sp³-hybridized carbons (Fsp3) is 0.421. The summed E-state index contributed by atoms with van der Waals surface area (Å²) in [5.41, 5.74) is 12.0. The number of aromatic nitrogens is 1. The number of aryl methyl sites for hydroxylation is 1. The lowest BCUT2D eigenvalue weighted by molar-refractivity contribution is 0.121. The monoisotopic (exact) mass is 429 g/mol. The zero-order valence-corrected chi connectivity index (χ0v) is 18.0. The SMILES string of the molecule is CNC(=O)OC1CC2=NN(Cc3ncc(C)c(OC)c3C)N=C3C(N)=NSCC1=C23. The Bertz CT molecular complexity index is 1030. The number of carbonyl (C=O) groups is 1. The summed E-state index contributed by atoms with van der Waals surface area (Å²) >= 11 is 1.31. The number of nitrogens with one attached hydrogen (secondary N) is 1. The molecule has 11 heteroatoms. The molecule has 10 nitrogen and oxygen atoms in total. The van der Waals surface area contributed by atoms with Gasteiger partial charge in [0, 0.05) is 42.1 Å². The number of hydrogen-bond donors (Lipinski definition) is 2. The third-order valence-corrected chi connectivity index (χ3v) is 5.95. The highest BCUT2D eigenvalue weighted by atomic mass is 32.2. The van der Waals surface area contributed by atoms with Crippen molar-refractivity contribution in [3.63, 3.8) is 0 Å². The van der Waals surface area contributed by atoms with E-state index in [9.17, 15) is 4.79 Å². The first-order chi connectivity index (χ1) is 14.4. The van der Waals surface area contributed by atoms with Crippen molar-refractivity contribution < 1.29 is 14.3 Å². The third kappa shape index (κ3) is 3.49. The van der Waals surface area contributed by atoms with Crippen LogP contribution in [0.3, 0.4) is 0 Å². The third-order valence-electron chi connectivity index (χ3n) is 5.19. The lowest BCUT2D eigenvalue weighted by Gasteiger charge is -2.23. The Morgan fingerprint density at radius 1 is 1.40 bits per heavy atom. The van der Waals surface area contributed by atoms with E-state index in [1.165, 1.54) is 19.0 Å². The highest BCUT2D eigenvalue weighted by Gasteiger charge is 2.40. The van der Waals surface area contributed by atoms with Crippen molar-refractivity contribution in [3.05, 3.63) is 34.2 Å². The molecule has 0 fully saturated rings. The van der Waals surface area contributed by atoms with Crippen LogP contribution in [-0.4, -0.2) is 59.5 Å². The molecule has 4 rings (SSSR count). The Balaban J connectivity index is 1.69. The van der Waals surface area contributed by atoms with E-state index in [2.05, 4.69) is 19.8 Å². The van der Waals surface area contributed by atoms with E-state index >= 15 is 0 Å². The van der Waals surface area contributed by atoms with Gasteiger partial charge in [-0.25, -0.2) is 4.79 Å². The van der Waals surface area contributed by atoms with E-state index in [-0.39, 0.29) is 0 Å². The Kier molecular flexibility index (Phi) is 5.37. The molecule has 3 N–H and O–H groups in total. The van der Waals surface area contributed by atoms with Crippen molar-refractivity contribution >= 4 is 35.3 Å². The van der Waals surface area contributed by atoms with Gasteiger partial charge in [0.1, 0.15) is 24.1 Å². The normalized spacial score (nSPS) is 20.1. The van der Waals surface area contributed by atoms with Crippen LogP contribution >= 0.6 is 11.9 Å². The predicted molar refractivity (Wildman–Crippen MR) is 116 cm³/mol. The van der Waals surface area contributed by atoms with Crippen LogP contribution in [0.15, 0.2) is 31.9 Å². The zero-order valence-electron chi connectivity index (χ0n) is 17.2. The quantitative estimate of drug-likeness (QED) is 0.697. The Labute approximate surface area is 178 Å². The minimum atomic E-state index is -0.489. The number of methoxy groups -OCH3 is 1. The van der Waals surface area contributed by atoms with E-state index in [4.69, 9.17) is 20.3 Å². The number of pyridine rings is 1. The standard InChI is InChI=1S/C19H23N7O3S/c1-9-6-22-13(10(2)17(9)28-4)7-26-23-12-5-14(29-19(27)21-3)11-8-30-25-18(20)16(24-26)15(11)12/h6,14H,5,7-8H2,1-4H3,(H2,20,25)(H,21,27). The first-order valence-electron chi connectivity index (χ1n) is 9.43. The number of carbonyl (C=O) groups excluding carboxylic acids is 1. The number of amidine groups is 1. The average Bonchev–Trinajstić information content (AvgIpc) is 2.96. The van der Waals surface area contributed by atoms with Crippen LogP contribution < -0.4 is 15.8 Å². The second-order valence-electron chi connectivity index (χ2n) is 7.07. The van der Waals surface area contributed by atoms with Crippen LogP contribution in [0, 0.1) is 13.8 Å². The van der Waals surface area contributed by atoms with Crippen LogP contribution in [0.25, 0.3) is 0 Å². The predicted octanol–water partition coefficient (Wildman–Crippen LogP) is 1.68. The first kappa shape index (κ1) is 20.2. The van der Waals surface area contributed by atoms with Gasteiger partial charge in [-0.3, -0.25) is 4.98 Å². The number of ether oxygens (including phenoxy) is 2. The van der Waals surface area contributed by atoms with E-state index in [0.29, 0.717) is 30.3 Å². The number of hydrogen-bond acceptors (Lipinski definition) is 10. The number of hydrazone groups is 2. The summed E-state index contributed by atoms with van der Waals surface area (Å²) < 4.78 is 15.4. The molecule has 0 saturated carbocycles. The van der Waals surface area contributed by atoms with Crippen molar-refractivity contribution in [3.8, 4) is 5.75 Å². The summed E-state index contributed by atoms with van der Waals surface area (Å²) in [7, 11) is 3.17. The Hall–Kier alpha value is -3.08. The lowest BCUT2D eigenvalue weighted by atomic mass is 10.0. The molecule has 158 valence electrons. The Morgan fingerprint density at radius 3 is 2.93 bits per heavy atom. The molecule has 1 aliphatic carbocycles. The molecule has 1 aromatic rings. The van der Waals surface area contributed by atoms with Crippen LogP contribution in [-0.2, 0) is 11.3 Å². The highest BCUT2D eigenvalue weighted by Crippen LogP contribution is 2.36. The number of nitrogens with zero attached hydrogens (tertiary/aromatic N) is 5. The fourth-order valence-electron chi connectivity index (χ4n) is 3.75. The molecular weight excluding hydrogens is 406 g/mol. The first-order valence-corrected chi connectivity index (χ1v) is 10.4. The number of nitrogens with two attached hydrogens (primary N) is 1. The van der Waals surface area contributed by atoms with Gasteiger partial charge in [-0.05, 0) is 31.4 Å². The van der Waals surface area contributed by atoms with Gasteiger partial charge in [-0.1, -0.05) is 0 Å². The van der Waals surface area contributed by atoms with Gasteiger partial charge < -0.3 is 20.5 Å². The van der Waals surface area contributed by atoms with Crippen LogP contribution in [0.4, 0.5) is 4.79 Å². The van der Waals surface area contributed by atoms with Crippen molar-refractivity contribution in [2.45, 2.75) is 32.9 Å². The summed E-state index contributed by atoms with van der Waals surface area (Å²) in [6, 6.07) is 0. The van der Waals surface area contributed by atoms with Gasteiger partial charge in [0.25, 0.3) is 0 Å². The minimum absolute atomic E-state index is 0.328. The van der Waals surface area contributed by atoms with Crippen LogP contribution in [0.2, 0.25) is 0 Å². The number of alkyl carbamates (subject to hydrolysis) is 1. The van der Waals surface area contributed by atoms with Crippen LogP contribution in [0.5, 0.6) is 5.75 Å². The number of rotatable bonds is 4. The average molecular weight is 430 g/mol. The molecule has 0 spiro atoms. The number of amides is 1. The maximum absolute atomic E-state index is 11.8. The van der Waals surface area contributed by atoms with Crippen molar-refractivity contribution in [2.75, 3.05) is 19.9 Å². The zero-order chi connectivity index (χ0) is 21.4. The molecule has 3 aliphatic rings. The minimum Gasteiger partial charge on any atom is -0.496 e. The van der Waals surface area contributed by atoms with Crippen molar-refractivity contribution in [1.82, 2.24) is 15.4 Å². The molecule has 1 amide bonds. The van der Waals surface area contributed by atoms with E-state index < -0.39 is 12.2 Å². The van der Waals surface area contributed by atoms with Gasteiger partial charge in [0.2, 0.25) is 0 Å². The van der Waals surface area contributed by atoms with Crippen molar-refractivity contribution in [2.24, 2.45) is 20.3 Å². The molecule has 1 aromatic heterocycles. The summed E-state index contributed by atoms with van der Waals surface area (Å²) in [6.07, 6.45) is 1.33.